The predicted molar refractivity (Wildman–Crippen MR) is 111 cm³/mol. The quantitative estimate of drug-likeness (QED) is 0.723. The van der Waals surface area contributed by atoms with Gasteiger partial charge < -0.3 is 9.64 Å². The van der Waals surface area contributed by atoms with Crippen LogP contribution in [-0.2, 0) is 21.2 Å². The van der Waals surface area contributed by atoms with Gasteiger partial charge in [0, 0.05) is 31.2 Å². The molecule has 7 nitrogen and oxygen atoms in total. The SMILES string of the molecule is N#Cc1ccccc1S(=O)(=O)N1CCN(C(=O)C2COc3ccc(Cl)cc3C2)CC1. The van der Waals surface area contributed by atoms with Crippen LogP contribution in [0.1, 0.15) is 11.1 Å². The van der Waals surface area contributed by atoms with Crippen LogP contribution in [0, 0.1) is 17.2 Å². The maximum absolute atomic E-state index is 13.0. The van der Waals surface area contributed by atoms with Gasteiger partial charge in [0.15, 0.2) is 0 Å². The summed E-state index contributed by atoms with van der Waals surface area (Å²) in [6.45, 7) is 1.26. The normalized spacial score (nSPS) is 19.5. The molecular formula is C21H20ClN3O4S. The number of piperazine rings is 1. The fourth-order valence-corrected chi connectivity index (χ4v) is 5.61. The van der Waals surface area contributed by atoms with Crippen LogP contribution < -0.4 is 4.74 Å². The van der Waals surface area contributed by atoms with Crippen molar-refractivity contribution in [2.75, 3.05) is 32.8 Å². The molecule has 0 spiro atoms. The van der Waals surface area contributed by atoms with Crippen LogP contribution in [0.15, 0.2) is 47.4 Å². The number of sulfonamides is 1. The molecule has 2 aromatic carbocycles. The lowest BCUT2D eigenvalue weighted by Crippen LogP contribution is -2.53. The first-order valence-electron chi connectivity index (χ1n) is 9.59. The molecule has 1 fully saturated rings. The largest absolute Gasteiger partial charge is 0.492 e. The third-order valence-corrected chi connectivity index (χ3v) is 7.65. The lowest BCUT2D eigenvalue weighted by molar-refractivity contribution is -0.138. The Hall–Kier alpha value is -2.60. The molecule has 1 amide bonds. The number of halogens is 1. The first kappa shape index (κ1) is 20.7. The molecule has 156 valence electrons. The number of ether oxygens (including phenoxy) is 1. The summed E-state index contributed by atoms with van der Waals surface area (Å²) < 4.78 is 33.0. The van der Waals surface area contributed by atoms with Gasteiger partial charge in [0.1, 0.15) is 18.4 Å². The maximum Gasteiger partial charge on any atom is 0.244 e. The fraction of sp³-hybridized carbons (Fsp3) is 0.333. The van der Waals surface area contributed by atoms with Crippen molar-refractivity contribution >= 4 is 27.5 Å². The van der Waals surface area contributed by atoms with E-state index in [1.165, 1.54) is 16.4 Å². The van der Waals surface area contributed by atoms with Crippen LogP contribution in [0.25, 0.3) is 0 Å². The number of carbonyl (C=O) groups excluding carboxylic acids is 1. The lowest BCUT2D eigenvalue weighted by Gasteiger charge is -2.36. The van der Waals surface area contributed by atoms with Crippen LogP contribution in [0.3, 0.4) is 0 Å². The van der Waals surface area contributed by atoms with Gasteiger partial charge in [0.2, 0.25) is 15.9 Å². The van der Waals surface area contributed by atoms with Crippen molar-refractivity contribution in [2.45, 2.75) is 11.3 Å². The number of carbonyl (C=O) groups is 1. The van der Waals surface area contributed by atoms with E-state index in [4.69, 9.17) is 16.3 Å². The number of fused-ring (bicyclic) bond motifs is 1. The highest BCUT2D eigenvalue weighted by Gasteiger charge is 2.35. The second kappa shape index (κ2) is 8.26. The van der Waals surface area contributed by atoms with E-state index < -0.39 is 10.0 Å². The van der Waals surface area contributed by atoms with Crippen LogP contribution in [-0.4, -0.2) is 56.3 Å². The molecular weight excluding hydrogens is 426 g/mol. The minimum absolute atomic E-state index is 0.00134. The van der Waals surface area contributed by atoms with E-state index in [1.54, 1.807) is 29.2 Å². The predicted octanol–water partition coefficient (Wildman–Crippen LogP) is 2.30. The van der Waals surface area contributed by atoms with E-state index in [-0.39, 0.29) is 35.4 Å². The summed E-state index contributed by atoms with van der Waals surface area (Å²) in [5, 5.41) is 9.82. The van der Waals surface area contributed by atoms with Crippen molar-refractivity contribution in [1.82, 2.24) is 9.21 Å². The van der Waals surface area contributed by atoms with Crippen molar-refractivity contribution in [2.24, 2.45) is 5.92 Å². The van der Waals surface area contributed by atoms with E-state index in [0.717, 1.165) is 11.3 Å². The number of nitriles is 1. The Morgan fingerprint density at radius 1 is 1.13 bits per heavy atom. The summed E-state index contributed by atoms with van der Waals surface area (Å²) in [7, 11) is -3.79. The molecule has 0 aliphatic carbocycles. The molecule has 1 atom stereocenters. The molecule has 2 aliphatic rings. The van der Waals surface area contributed by atoms with Crippen molar-refractivity contribution in [3.8, 4) is 11.8 Å². The second-order valence-corrected chi connectivity index (χ2v) is 9.64. The third-order valence-electron chi connectivity index (χ3n) is 5.45. The second-order valence-electron chi connectivity index (χ2n) is 7.30. The number of nitrogens with zero attached hydrogens (tertiary/aromatic N) is 3. The summed E-state index contributed by atoms with van der Waals surface area (Å²) in [5.41, 5.74) is 1.02. The molecule has 1 unspecified atom stereocenters. The van der Waals surface area contributed by atoms with Gasteiger partial charge in [-0.2, -0.15) is 9.57 Å². The van der Waals surface area contributed by atoms with E-state index in [0.29, 0.717) is 31.1 Å². The summed E-state index contributed by atoms with van der Waals surface area (Å²) in [5.74, 6) is 0.379. The number of benzene rings is 2. The van der Waals surface area contributed by atoms with Gasteiger partial charge in [-0.05, 0) is 42.3 Å². The highest BCUT2D eigenvalue weighted by atomic mass is 35.5. The molecule has 2 aromatic rings. The Morgan fingerprint density at radius 2 is 1.87 bits per heavy atom. The molecule has 0 aromatic heterocycles. The average molecular weight is 446 g/mol. The van der Waals surface area contributed by atoms with Crippen LogP contribution in [0.2, 0.25) is 5.02 Å². The van der Waals surface area contributed by atoms with Crippen molar-refractivity contribution in [3.63, 3.8) is 0 Å². The molecule has 9 heteroatoms. The van der Waals surface area contributed by atoms with Crippen molar-refractivity contribution < 1.29 is 17.9 Å². The van der Waals surface area contributed by atoms with Gasteiger partial charge in [-0.15, -0.1) is 0 Å². The smallest absolute Gasteiger partial charge is 0.244 e. The zero-order valence-electron chi connectivity index (χ0n) is 16.1. The minimum atomic E-state index is -3.79. The average Bonchev–Trinajstić information content (AvgIpc) is 2.78. The molecule has 4 rings (SSSR count). The standard InChI is InChI=1S/C21H20ClN3O4S/c22-18-5-6-19-16(12-18)11-17(14-29-19)21(26)24-7-9-25(10-8-24)30(27,28)20-4-2-1-3-15(20)13-23/h1-6,12,17H,7-11,14H2. The molecule has 0 N–H and O–H groups in total. The summed E-state index contributed by atoms with van der Waals surface area (Å²) in [6, 6.07) is 13.5. The molecule has 0 radical (unpaired) electrons. The molecule has 2 aliphatic heterocycles. The summed E-state index contributed by atoms with van der Waals surface area (Å²) >= 11 is 6.05. The van der Waals surface area contributed by atoms with Gasteiger partial charge in [-0.3, -0.25) is 4.79 Å². The number of hydrogen-bond acceptors (Lipinski definition) is 5. The third kappa shape index (κ3) is 3.88. The van der Waals surface area contributed by atoms with Gasteiger partial charge in [0.05, 0.1) is 16.4 Å². The first-order chi connectivity index (χ1) is 14.4. The molecule has 30 heavy (non-hydrogen) atoms. The van der Waals surface area contributed by atoms with Gasteiger partial charge in [-0.1, -0.05) is 23.7 Å². The van der Waals surface area contributed by atoms with E-state index >= 15 is 0 Å². The van der Waals surface area contributed by atoms with Crippen molar-refractivity contribution in [3.05, 3.63) is 58.6 Å². The van der Waals surface area contributed by atoms with Gasteiger partial charge >= 0.3 is 0 Å². The maximum atomic E-state index is 13.0. The monoisotopic (exact) mass is 445 g/mol. The van der Waals surface area contributed by atoms with Crippen LogP contribution >= 0.6 is 11.6 Å². The first-order valence-corrected chi connectivity index (χ1v) is 11.4. The summed E-state index contributed by atoms with van der Waals surface area (Å²) in [6.07, 6.45) is 0.544. The zero-order chi connectivity index (χ0) is 21.3. The van der Waals surface area contributed by atoms with E-state index in [1.807, 2.05) is 12.1 Å². The number of amides is 1. The fourth-order valence-electron chi connectivity index (χ4n) is 3.85. The zero-order valence-corrected chi connectivity index (χ0v) is 17.7. The van der Waals surface area contributed by atoms with Crippen LogP contribution in [0.4, 0.5) is 0 Å². The van der Waals surface area contributed by atoms with Gasteiger partial charge in [-0.25, -0.2) is 8.42 Å². The van der Waals surface area contributed by atoms with Crippen molar-refractivity contribution in [1.29, 1.82) is 5.26 Å². The Balaban J connectivity index is 1.42. The highest BCUT2D eigenvalue weighted by Crippen LogP contribution is 2.31. The molecule has 0 bridgehead atoms. The number of rotatable bonds is 3. The number of hydrogen-bond donors (Lipinski definition) is 0. The Kier molecular flexibility index (Phi) is 5.69. The molecule has 1 saturated heterocycles. The highest BCUT2D eigenvalue weighted by molar-refractivity contribution is 7.89. The van der Waals surface area contributed by atoms with Gasteiger partial charge in [0.25, 0.3) is 0 Å². The van der Waals surface area contributed by atoms with E-state index in [9.17, 15) is 18.5 Å². The molecule has 2 heterocycles. The Labute approximate surface area is 180 Å². The summed E-state index contributed by atoms with van der Waals surface area (Å²) in [4.78, 5) is 14.7. The van der Waals surface area contributed by atoms with E-state index in [2.05, 4.69) is 0 Å². The Morgan fingerprint density at radius 3 is 2.60 bits per heavy atom. The van der Waals surface area contributed by atoms with Crippen LogP contribution in [0.5, 0.6) is 5.75 Å². The molecule has 0 saturated carbocycles. The minimum Gasteiger partial charge on any atom is -0.492 e. The Bertz CT molecular complexity index is 1120. The lowest BCUT2D eigenvalue weighted by atomic mass is 9.95. The topological polar surface area (TPSA) is 90.7 Å².